The van der Waals surface area contributed by atoms with Gasteiger partial charge in [-0.25, -0.2) is 22.0 Å². The number of ether oxygens (including phenoxy) is 2. The summed E-state index contributed by atoms with van der Waals surface area (Å²) in [5.41, 5.74) is 1.07. The Morgan fingerprint density at radius 1 is 0.854 bits per heavy atom. The van der Waals surface area contributed by atoms with E-state index >= 15 is 0 Å². The lowest BCUT2D eigenvalue weighted by Gasteiger charge is -2.43. The second kappa shape index (κ2) is 14.9. The number of halogens is 5. The van der Waals surface area contributed by atoms with Crippen LogP contribution in [-0.4, -0.2) is 46.8 Å². The van der Waals surface area contributed by atoms with Crippen LogP contribution in [0.15, 0.2) is 78.9 Å². The van der Waals surface area contributed by atoms with E-state index in [4.69, 9.17) is 9.47 Å². The number of hydrogen-bond donors (Lipinski definition) is 3. The Bertz CT molecular complexity index is 1710. The molecule has 4 aromatic rings. The van der Waals surface area contributed by atoms with Crippen molar-refractivity contribution in [2.24, 2.45) is 5.92 Å². The molecule has 12 heteroatoms. The van der Waals surface area contributed by atoms with Gasteiger partial charge in [0, 0.05) is 29.8 Å². The van der Waals surface area contributed by atoms with Crippen LogP contribution in [0.1, 0.15) is 65.0 Å². The predicted octanol–water partition coefficient (Wildman–Crippen LogP) is 6.97. The molecule has 1 aliphatic heterocycles. The first kappa shape index (κ1) is 35.1. The molecule has 6 atom stereocenters. The molecule has 0 aromatic heterocycles. The minimum Gasteiger partial charge on any atom is -0.392 e. The van der Waals surface area contributed by atoms with Gasteiger partial charge in [0.2, 0.25) is 5.82 Å². The largest absolute Gasteiger partial charge is 0.392 e. The summed E-state index contributed by atoms with van der Waals surface area (Å²) in [5, 5.41) is 22.8. The molecule has 5 rings (SSSR count). The van der Waals surface area contributed by atoms with Gasteiger partial charge in [-0.2, -0.15) is 0 Å². The molecule has 1 amide bonds. The minimum absolute atomic E-state index is 0.00983. The number of benzene rings is 4. The van der Waals surface area contributed by atoms with Crippen molar-refractivity contribution in [2.75, 3.05) is 18.9 Å². The van der Waals surface area contributed by atoms with E-state index in [1.165, 1.54) is 18.2 Å². The Labute approximate surface area is 274 Å². The van der Waals surface area contributed by atoms with E-state index in [2.05, 4.69) is 5.32 Å². The average Bonchev–Trinajstić information content (AvgIpc) is 3.10. The molecule has 0 aliphatic carbocycles. The maximum atomic E-state index is 14.3. The molecule has 0 bridgehead atoms. The third-order valence-electron chi connectivity index (χ3n) is 8.74. The van der Waals surface area contributed by atoms with Crippen molar-refractivity contribution < 1.29 is 46.4 Å². The zero-order chi connectivity index (χ0) is 34.7. The average molecular weight is 671 g/mol. The predicted molar refractivity (Wildman–Crippen MR) is 167 cm³/mol. The van der Waals surface area contributed by atoms with Gasteiger partial charge in [0.25, 0.3) is 5.91 Å². The summed E-state index contributed by atoms with van der Waals surface area (Å²) in [6, 6.07) is 22.2. The van der Waals surface area contributed by atoms with Crippen LogP contribution in [-0.2, 0) is 16.1 Å². The highest BCUT2D eigenvalue weighted by Gasteiger charge is 2.40. The number of likely N-dealkylation sites (N-methyl/N-ethyl adjacent to an activating group) is 1. The fourth-order valence-corrected chi connectivity index (χ4v) is 5.71. The maximum Gasteiger partial charge on any atom is 0.261 e. The molecule has 1 saturated heterocycles. The second-order valence-electron chi connectivity index (χ2n) is 11.9. The summed E-state index contributed by atoms with van der Waals surface area (Å²) in [6.45, 7) is 4.12. The number of rotatable bonds is 10. The van der Waals surface area contributed by atoms with Crippen LogP contribution >= 0.6 is 0 Å². The van der Waals surface area contributed by atoms with Gasteiger partial charge in [0.05, 0.1) is 24.9 Å². The fraction of sp³-hybridized carbons (Fsp3) is 0.306. The summed E-state index contributed by atoms with van der Waals surface area (Å²) in [7, 11) is 1.87. The first-order valence-electron chi connectivity index (χ1n) is 15.3. The SMILES string of the molecule is C[C@@H]1[C@H](CN(C)[C@@H](C)[C@H](O)c2ccccc2)O[C@H](c2cccc(NC(=O)c3c(F)c(F)c(F)c(F)c3F)c2)O[C@@H]1c1ccc(CO)cc1. The van der Waals surface area contributed by atoms with Crippen molar-refractivity contribution in [2.45, 2.75) is 51.1 Å². The molecule has 0 spiro atoms. The smallest absolute Gasteiger partial charge is 0.261 e. The molecule has 1 aliphatic rings. The van der Waals surface area contributed by atoms with Gasteiger partial charge in [-0.1, -0.05) is 73.7 Å². The molecule has 4 aromatic carbocycles. The van der Waals surface area contributed by atoms with Crippen LogP contribution in [0.3, 0.4) is 0 Å². The van der Waals surface area contributed by atoms with Crippen molar-refractivity contribution in [1.29, 1.82) is 0 Å². The monoisotopic (exact) mass is 670 g/mol. The fourth-order valence-electron chi connectivity index (χ4n) is 5.71. The lowest BCUT2D eigenvalue weighted by atomic mass is 9.89. The third-order valence-corrected chi connectivity index (χ3v) is 8.74. The first-order valence-corrected chi connectivity index (χ1v) is 15.3. The van der Waals surface area contributed by atoms with Gasteiger partial charge < -0.3 is 25.0 Å². The van der Waals surface area contributed by atoms with E-state index in [9.17, 15) is 37.0 Å². The Kier molecular flexibility index (Phi) is 10.9. The van der Waals surface area contributed by atoms with Crippen LogP contribution in [0.2, 0.25) is 0 Å². The summed E-state index contributed by atoms with van der Waals surface area (Å²) in [5.74, 6) is -13.1. The number of nitrogens with one attached hydrogen (secondary N) is 1. The first-order chi connectivity index (χ1) is 22.9. The number of carbonyl (C=O) groups excluding carboxylic acids is 1. The van der Waals surface area contributed by atoms with Gasteiger partial charge in [-0.3, -0.25) is 9.69 Å². The minimum atomic E-state index is -2.37. The molecule has 48 heavy (non-hydrogen) atoms. The van der Waals surface area contributed by atoms with E-state index in [0.717, 1.165) is 11.1 Å². The molecule has 0 radical (unpaired) electrons. The van der Waals surface area contributed by atoms with Crippen LogP contribution in [0, 0.1) is 35.0 Å². The zero-order valence-electron chi connectivity index (χ0n) is 26.3. The van der Waals surface area contributed by atoms with E-state index in [0.29, 0.717) is 17.7 Å². The molecular formula is C36H35F5N2O5. The summed E-state index contributed by atoms with van der Waals surface area (Å²) < 4.78 is 82.6. The maximum absolute atomic E-state index is 14.3. The number of aliphatic hydroxyl groups is 2. The molecular weight excluding hydrogens is 635 g/mol. The van der Waals surface area contributed by atoms with Gasteiger partial charge in [0.1, 0.15) is 5.56 Å². The number of hydrogen-bond acceptors (Lipinski definition) is 6. The Morgan fingerprint density at radius 3 is 2.10 bits per heavy atom. The number of aliphatic hydroxyl groups excluding tert-OH is 2. The van der Waals surface area contributed by atoms with E-state index in [1.807, 2.05) is 68.3 Å². The van der Waals surface area contributed by atoms with Gasteiger partial charge in [-0.15, -0.1) is 0 Å². The van der Waals surface area contributed by atoms with Crippen molar-refractivity contribution >= 4 is 11.6 Å². The highest BCUT2D eigenvalue weighted by molar-refractivity contribution is 6.04. The van der Waals surface area contributed by atoms with Gasteiger partial charge in [0.15, 0.2) is 29.6 Å². The van der Waals surface area contributed by atoms with Crippen LogP contribution in [0.25, 0.3) is 0 Å². The summed E-state index contributed by atoms with van der Waals surface area (Å²) in [6.07, 6.45) is -2.74. The number of carbonyl (C=O) groups is 1. The molecule has 1 heterocycles. The topological polar surface area (TPSA) is 91.3 Å². The van der Waals surface area contributed by atoms with E-state index in [1.54, 1.807) is 18.2 Å². The zero-order valence-corrected chi connectivity index (χ0v) is 26.3. The van der Waals surface area contributed by atoms with Crippen LogP contribution < -0.4 is 5.32 Å². The second-order valence-corrected chi connectivity index (χ2v) is 11.9. The normalized spacial score (nSPS) is 20.8. The molecule has 3 N–H and O–H groups in total. The van der Waals surface area contributed by atoms with Crippen molar-refractivity contribution in [3.63, 3.8) is 0 Å². The number of nitrogens with zero attached hydrogens (tertiary/aromatic N) is 1. The van der Waals surface area contributed by atoms with Crippen molar-refractivity contribution in [3.05, 3.63) is 136 Å². The lowest BCUT2D eigenvalue weighted by molar-refractivity contribution is -0.276. The Morgan fingerprint density at radius 2 is 1.48 bits per heavy atom. The van der Waals surface area contributed by atoms with E-state index < -0.39 is 65.2 Å². The molecule has 0 unspecified atom stereocenters. The van der Waals surface area contributed by atoms with Crippen LogP contribution in [0.4, 0.5) is 27.6 Å². The Balaban J connectivity index is 1.41. The van der Waals surface area contributed by atoms with Crippen molar-refractivity contribution in [1.82, 2.24) is 4.90 Å². The molecule has 1 fully saturated rings. The summed E-state index contributed by atoms with van der Waals surface area (Å²) >= 11 is 0. The van der Waals surface area contributed by atoms with Crippen LogP contribution in [0.5, 0.6) is 0 Å². The Hall–Kier alpha value is -4.20. The lowest BCUT2D eigenvalue weighted by Crippen LogP contribution is -2.46. The highest BCUT2D eigenvalue weighted by atomic mass is 19.2. The van der Waals surface area contributed by atoms with Gasteiger partial charge in [-0.05, 0) is 42.8 Å². The summed E-state index contributed by atoms with van der Waals surface area (Å²) in [4.78, 5) is 14.7. The number of anilines is 1. The third kappa shape index (κ3) is 7.27. The highest BCUT2D eigenvalue weighted by Crippen LogP contribution is 2.42. The van der Waals surface area contributed by atoms with Gasteiger partial charge >= 0.3 is 0 Å². The quantitative estimate of drug-likeness (QED) is 0.0960. The molecule has 254 valence electrons. The molecule has 0 saturated carbocycles. The number of amides is 1. The van der Waals surface area contributed by atoms with Crippen molar-refractivity contribution in [3.8, 4) is 0 Å². The molecule has 7 nitrogen and oxygen atoms in total. The standard InChI is InChI=1S/C36H35F5N2O5/c1-19-26(17-43(3)20(2)33(45)22-8-5-4-6-9-22)47-36(48-34(19)23-14-12-21(18-44)13-15-23)24-10-7-11-25(16-24)42-35(46)27-28(37)30(39)32(41)31(40)29(27)38/h4-16,19-20,26,33-34,36,44-45H,17-18H2,1-3H3,(H,42,46)/t19-,20+,26+,33+,34+,36+/m1/s1. The van der Waals surface area contributed by atoms with E-state index in [-0.39, 0.29) is 24.3 Å².